The number of nitrogens with one attached hydrogen (secondary N) is 2. The Morgan fingerprint density at radius 3 is 2.55 bits per heavy atom. The van der Waals surface area contributed by atoms with Crippen LogP contribution in [-0.4, -0.2) is 18.0 Å². The Morgan fingerprint density at radius 2 is 2.00 bits per heavy atom. The molecule has 3 nitrogen and oxygen atoms in total. The molecular weight excluding hydrogens is 330 g/mol. The summed E-state index contributed by atoms with van der Waals surface area (Å²) in [5.74, 6) is -1.63. The SMILES string of the molecule is CCCC(C)NC(=O)C(C)Nc1c(F)cc(F)cc1Br. The molecule has 1 rings (SSSR count). The van der Waals surface area contributed by atoms with Crippen molar-refractivity contribution in [3.05, 3.63) is 28.2 Å². The molecule has 112 valence electrons. The van der Waals surface area contributed by atoms with Crippen molar-refractivity contribution in [2.24, 2.45) is 0 Å². The maximum Gasteiger partial charge on any atom is 0.242 e. The second-order valence-corrected chi connectivity index (χ2v) is 5.66. The minimum Gasteiger partial charge on any atom is -0.371 e. The van der Waals surface area contributed by atoms with Gasteiger partial charge in [-0.25, -0.2) is 8.78 Å². The first kappa shape index (κ1) is 16.9. The molecule has 0 heterocycles. The van der Waals surface area contributed by atoms with Gasteiger partial charge in [-0.15, -0.1) is 0 Å². The van der Waals surface area contributed by atoms with Crippen molar-refractivity contribution >= 4 is 27.5 Å². The van der Waals surface area contributed by atoms with E-state index in [1.807, 2.05) is 13.8 Å². The first-order valence-corrected chi connectivity index (χ1v) is 7.35. The Balaban J connectivity index is 2.71. The smallest absolute Gasteiger partial charge is 0.242 e. The molecule has 1 aromatic carbocycles. The number of anilines is 1. The predicted octanol–water partition coefficient (Wildman–Crippen LogP) is 3.83. The highest BCUT2D eigenvalue weighted by Crippen LogP contribution is 2.27. The van der Waals surface area contributed by atoms with Crippen LogP contribution in [0.5, 0.6) is 0 Å². The molecule has 20 heavy (non-hydrogen) atoms. The Labute approximate surface area is 126 Å². The van der Waals surface area contributed by atoms with E-state index < -0.39 is 17.7 Å². The lowest BCUT2D eigenvalue weighted by molar-refractivity contribution is -0.122. The van der Waals surface area contributed by atoms with Crippen LogP contribution in [0.4, 0.5) is 14.5 Å². The molecule has 2 atom stereocenters. The molecule has 0 bridgehead atoms. The topological polar surface area (TPSA) is 41.1 Å². The number of hydrogen-bond donors (Lipinski definition) is 2. The van der Waals surface area contributed by atoms with Crippen LogP contribution >= 0.6 is 15.9 Å². The number of carbonyl (C=O) groups excluding carboxylic acids is 1. The van der Waals surface area contributed by atoms with Crippen molar-refractivity contribution in [3.63, 3.8) is 0 Å². The van der Waals surface area contributed by atoms with E-state index in [4.69, 9.17) is 0 Å². The molecular formula is C14H19BrF2N2O. The number of benzene rings is 1. The van der Waals surface area contributed by atoms with Crippen molar-refractivity contribution in [3.8, 4) is 0 Å². The van der Waals surface area contributed by atoms with Gasteiger partial charge in [-0.1, -0.05) is 13.3 Å². The molecule has 1 amide bonds. The Bertz CT molecular complexity index is 459. The summed E-state index contributed by atoms with van der Waals surface area (Å²) in [4.78, 5) is 11.9. The van der Waals surface area contributed by atoms with E-state index in [2.05, 4.69) is 26.6 Å². The maximum absolute atomic E-state index is 13.7. The van der Waals surface area contributed by atoms with Gasteiger partial charge in [0.1, 0.15) is 17.7 Å². The first-order chi connectivity index (χ1) is 9.35. The normalized spacial score (nSPS) is 13.7. The predicted molar refractivity (Wildman–Crippen MR) is 79.7 cm³/mol. The van der Waals surface area contributed by atoms with E-state index in [1.54, 1.807) is 6.92 Å². The molecule has 2 unspecified atom stereocenters. The number of carbonyl (C=O) groups is 1. The third-order valence-corrected chi connectivity index (χ3v) is 3.50. The number of amides is 1. The molecule has 0 aliphatic carbocycles. The molecule has 0 spiro atoms. The summed E-state index contributed by atoms with van der Waals surface area (Å²) >= 11 is 3.08. The summed E-state index contributed by atoms with van der Waals surface area (Å²) in [7, 11) is 0. The molecule has 0 fully saturated rings. The lowest BCUT2D eigenvalue weighted by Crippen LogP contribution is -2.42. The molecule has 0 aromatic heterocycles. The van der Waals surface area contributed by atoms with Gasteiger partial charge in [-0.3, -0.25) is 4.79 Å². The fourth-order valence-electron chi connectivity index (χ4n) is 1.84. The summed E-state index contributed by atoms with van der Waals surface area (Å²) in [6, 6.07) is 1.37. The highest BCUT2D eigenvalue weighted by Gasteiger charge is 2.18. The second-order valence-electron chi connectivity index (χ2n) is 4.81. The zero-order chi connectivity index (χ0) is 15.3. The van der Waals surface area contributed by atoms with Crippen LogP contribution in [0.15, 0.2) is 16.6 Å². The fraction of sp³-hybridized carbons (Fsp3) is 0.500. The summed E-state index contributed by atoms with van der Waals surface area (Å²) < 4.78 is 26.9. The molecule has 0 aliphatic rings. The van der Waals surface area contributed by atoms with Crippen LogP contribution in [0.3, 0.4) is 0 Å². The van der Waals surface area contributed by atoms with Crippen LogP contribution in [0.25, 0.3) is 0 Å². The van der Waals surface area contributed by atoms with E-state index in [9.17, 15) is 13.6 Å². The van der Waals surface area contributed by atoms with Crippen molar-refractivity contribution in [1.82, 2.24) is 5.32 Å². The summed E-state index contributed by atoms with van der Waals surface area (Å²) in [6.07, 6.45) is 1.86. The standard InChI is InChI=1S/C14H19BrF2N2O/c1-4-5-8(2)18-14(20)9(3)19-13-11(15)6-10(16)7-12(13)17/h6-9,19H,4-5H2,1-3H3,(H,18,20). The van der Waals surface area contributed by atoms with Gasteiger partial charge in [0.25, 0.3) is 0 Å². The molecule has 2 N–H and O–H groups in total. The van der Waals surface area contributed by atoms with Gasteiger partial charge < -0.3 is 10.6 Å². The average Bonchev–Trinajstić information content (AvgIpc) is 2.33. The lowest BCUT2D eigenvalue weighted by atomic mass is 10.2. The van der Waals surface area contributed by atoms with Crippen molar-refractivity contribution in [2.75, 3.05) is 5.32 Å². The zero-order valence-electron chi connectivity index (χ0n) is 11.8. The van der Waals surface area contributed by atoms with Gasteiger partial charge >= 0.3 is 0 Å². The zero-order valence-corrected chi connectivity index (χ0v) is 13.4. The van der Waals surface area contributed by atoms with Crippen LogP contribution in [0.1, 0.15) is 33.6 Å². The summed E-state index contributed by atoms with van der Waals surface area (Å²) in [5, 5.41) is 5.59. The molecule has 0 radical (unpaired) electrons. The number of rotatable bonds is 6. The lowest BCUT2D eigenvalue weighted by Gasteiger charge is -2.19. The highest BCUT2D eigenvalue weighted by atomic mass is 79.9. The Hall–Kier alpha value is -1.17. The molecule has 0 aliphatic heterocycles. The number of hydrogen-bond acceptors (Lipinski definition) is 2. The van der Waals surface area contributed by atoms with E-state index in [1.165, 1.54) is 0 Å². The quantitative estimate of drug-likeness (QED) is 0.820. The third-order valence-electron chi connectivity index (χ3n) is 2.87. The van der Waals surface area contributed by atoms with E-state index in [-0.39, 0.29) is 22.1 Å². The van der Waals surface area contributed by atoms with Gasteiger partial charge in [0.05, 0.1) is 5.69 Å². The third kappa shape index (κ3) is 4.74. The van der Waals surface area contributed by atoms with Gasteiger partial charge in [0, 0.05) is 16.6 Å². The average molecular weight is 349 g/mol. The van der Waals surface area contributed by atoms with Crippen molar-refractivity contribution in [2.45, 2.75) is 45.7 Å². The van der Waals surface area contributed by atoms with Crippen molar-refractivity contribution < 1.29 is 13.6 Å². The highest BCUT2D eigenvalue weighted by molar-refractivity contribution is 9.10. The molecule has 1 aromatic rings. The van der Waals surface area contributed by atoms with Gasteiger partial charge in [-0.05, 0) is 42.3 Å². The van der Waals surface area contributed by atoms with Crippen LogP contribution in [0.2, 0.25) is 0 Å². The molecule has 0 saturated heterocycles. The monoisotopic (exact) mass is 348 g/mol. The first-order valence-electron chi connectivity index (χ1n) is 6.56. The largest absolute Gasteiger partial charge is 0.371 e. The van der Waals surface area contributed by atoms with E-state index in [0.717, 1.165) is 25.0 Å². The van der Waals surface area contributed by atoms with Gasteiger partial charge in [0.15, 0.2) is 0 Å². The van der Waals surface area contributed by atoms with Crippen LogP contribution < -0.4 is 10.6 Å². The van der Waals surface area contributed by atoms with Crippen molar-refractivity contribution in [1.29, 1.82) is 0 Å². The summed E-state index contributed by atoms with van der Waals surface area (Å²) in [5.41, 5.74) is 0.0807. The maximum atomic E-state index is 13.7. The fourth-order valence-corrected chi connectivity index (χ4v) is 2.36. The summed E-state index contributed by atoms with van der Waals surface area (Å²) in [6.45, 7) is 5.58. The Morgan fingerprint density at radius 1 is 1.35 bits per heavy atom. The number of halogens is 3. The Kier molecular flexibility index (Phi) is 6.39. The second kappa shape index (κ2) is 7.57. The van der Waals surface area contributed by atoms with Gasteiger partial charge in [0.2, 0.25) is 5.91 Å². The van der Waals surface area contributed by atoms with Crippen LogP contribution in [0, 0.1) is 11.6 Å². The van der Waals surface area contributed by atoms with Gasteiger partial charge in [-0.2, -0.15) is 0 Å². The van der Waals surface area contributed by atoms with E-state index >= 15 is 0 Å². The minimum atomic E-state index is -0.738. The van der Waals surface area contributed by atoms with Crippen LogP contribution in [-0.2, 0) is 4.79 Å². The molecule has 6 heteroatoms. The van der Waals surface area contributed by atoms with E-state index in [0.29, 0.717) is 0 Å². The molecule has 0 saturated carbocycles. The minimum absolute atomic E-state index is 0.0678.